The summed E-state index contributed by atoms with van der Waals surface area (Å²) in [6, 6.07) is 22.1. The Morgan fingerprint density at radius 3 is 2.14 bits per heavy atom. The molecule has 1 heterocycles. The molecule has 0 saturated carbocycles. The Kier molecular flexibility index (Phi) is 7.93. The van der Waals surface area contributed by atoms with Gasteiger partial charge < -0.3 is 0 Å². The number of carbonyl (C=O) groups excluding carboxylic acids is 2. The Morgan fingerprint density at radius 2 is 1.35 bits per heavy atom. The lowest BCUT2D eigenvalue weighted by Crippen LogP contribution is -2.40. The minimum absolute atomic E-state index is 0.0336. The van der Waals surface area contributed by atoms with E-state index in [1.54, 1.807) is 12.1 Å². The van der Waals surface area contributed by atoms with Crippen molar-refractivity contribution in [2.45, 2.75) is 77.8 Å². The monoisotopic (exact) mass is 493 g/mol. The number of hydrogen-bond donors (Lipinski definition) is 0. The average molecular weight is 494 g/mol. The number of imidazole rings is 1. The summed E-state index contributed by atoms with van der Waals surface area (Å²) in [5.74, 6) is -0.0773. The molecule has 0 amide bonds. The molecule has 0 saturated heterocycles. The molecule has 3 aromatic carbocycles. The first kappa shape index (κ1) is 25.1. The van der Waals surface area contributed by atoms with Crippen molar-refractivity contribution < 1.29 is 14.2 Å². The van der Waals surface area contributed by atoms with Crippen LogP contribution in [0.2, 0.25) is 0 Å². The van der Waals surface area contributed by atoms with E-state index >= 15 is 0 Å². The molecule has 0 aliphatic heterocycles. The Labute approximate surface area is 220 Å². The molecule has 4 aromatic rings. The number of ketones is 2. The van der Waals surface area contributed by atoms with E-state index in [2.05, 4.69) is 49.4 Å². The summed E-state index contributed by atoms with van der Waals surface area (Å²) in [4.78, 5) is 27.2. The molecule has 4 heteroatoms. The molecular weight excluding hydrogens is 456 g/mol. The molecule has 4 nitrogen and oxygen atoms in total. The first-order valence-corrected chi connectivity index (χ1v) is 14.0. The Balaban J connectivity index is 1.37. The van der Waals surface area contributed by atoms with Gasteiger partial charge in [0.15, 0.2) is 0 Å². The second-order valence-electron chi connectivity index (χ2n) is 10.3. The molecule has 0 fully saturated rings. The van der Waals surface area contributed by atoms with Gasteiger partial charge in [0.2, 0.25) is 29.3 Å². The number of fused-ring (bicyclic) bond motifs is 3. The normalized spacial score (nSPS) is 12.7. The third kappa shape index (κ3) is 5.29. The standard InChI is InChI=1S/C33H37N2O2/c1-2-3-4-5-6-7-8-13-22-34-24-35(23-21-26-17-14-16-25-15-9-10-18-27(25)26)31-30(34)32(36)28-19-11-12-20-29(28)33(31)37/h9-12,14-20,24H,2-8,13,21-23H2,1H3/q+1. The molecule has 37 heavy (non-hydrogen) atoms. The smallest absolute Gasteiger partial charge is 0.244 e. The number of hydrogen-bond acceptors (Lipinski definition) is 2. The zero-order valence-corrected chi connectivity index (χ0v) is 21.9. The first-order valence-electron chi connectivity index (χ1n) is 14.0. The lowest BCUT2D eigenvalue weighted by molar-refractivity contribution is -0.698. The van der Waals surface area contributed by atoms with Crippen molar-refractivity contribution in [1.82, 2.24) is 4.57 Å². The molecular formula is C33H37N2O2+. The number of nitrogens with zero attached hydrogens (tertiary/aromatic N) is 2. The molecule has 0 unspecified atom stereocenters. The van der Waals surface area contributed by atoms with Crippen LogP contribution in [-0.4, -0.2) is 16.1 Å². The van der Waals surface area contributed by atoms with Crippen molar-refractivity contribution in [3.8, 4) is 0 Å². The second-order valence-corrected chi connectivity index (χ2v) is 10.3. The summed E-state index contributed by atoms with van der Waals surface area (Å²) in [6.45, 7) is 3.66. The van der Waals surface area contributed by atoms with E-state index in [0.29, 0.717) is 29.1 Å². The van der Waals surface area contributed by atoms with E-state index in [1.165, 1.54) is 54.9 Å². The van der Waals surface area contributed by atoms with E-state index < -0.39 is 0 Å². The number of unbranched alkanes of at least 4 members (excludes halogenated alkanes) is 7. The predicted octanol–water partition coefficient (Wildman–Crippen LogP) is 7.09. The molecule has 5 rings (SSSR count). The van der Waals surface area contributed by atoms with E-state index in [9.17, 15) is 9.59 Å². The summed E-state index contributed by atoms with van der Waals surface area (Å²) < 4.78 is 4.07. The van der Waals surface area contributed by atoms with Crippen LogP contribution in [0, 0.1) is 0 Å². The first-order chi connectivity index (χ1) is 18.2. The molecule has 0 radical (unpaired) electrons. The average Bonchev–Trinajstić information content (AvgIpc) is 3.30. The molecule has 0 atom stereocenters. The number of aromatic nitrogens is 2. The summed E-state index contributed by atoms with van der Waals surface area (Å²) in [5.41, 5.74) is 3.40. The lowest BCUT2D eigenvalue weighted by atomic mass is 9.89. The molecule has 0 spiro atoms. The van der Waals surface area contributed by atoms with Gasteiger partial charge in [-0.05, 0) is 29.2 Å². The Morgan fingerprint density at radius 1 is 0.703 bits per heavy atom. The van der Waals surface area contributed by atoms with Gasteiger partial charge in [-0.3, -0.25) is 9.59 Å². The van der Waals surface area contributed by atoms with Gasteiger partial charge in [0.1, 0.15) is 0 Å². The molecule has 1 aliphatic carbocycles. The summed E-state index contributed by atoms with van der Waals surface area (Å²) >= 11 is 0. The molecule has 0 N–H and O–H groups in total. The van der Waals surface area contributed by atoms with Crippen LogP contribution in [0.3, 0.4) is 0 Å². The fourth-order valence-corrected chi connectivity index (χ4v) is 5.67. The van der Waals surface area contributed by atoms with Crippen LogP contribution in [0.15, 0.2) is 73.1 Å². The highest BCUT2D eigenvalue weighted by atomic mass is 16.1. The van der Waals surface area contributed by atoms with E-state index in [0.717, 1.165) is 25.8 Å². The second kappa shape index (κ2) is 11.7. The van der Waals surface area contributed by atoms with Gasteiger partial charge in [-0.25, -0.2) is 9.13 Å². The largest absolute Gasteiger partial charge is 0.284 e. The van der Waals surface area contributed by atoms with Gasteiger partial charge in [-0.1, -0.05) is 112 Å². The molecule has 0 bridgehead atoms. The van der Waals surface area contributed by atoms with Crippen LogP contribution in [0.25, 0.3) is 10.8 Å². The minimum Gasteiger partial charge on any atom is -0.284 e. The van der Waals surface area contributed by atoms with Crippen LogP contribution in [0.4, 0.5) is 0 Å². The molecule has 1 aliphatic rings. The highest BCUT2D eigenvalue weighted by Gasteiger charge is 2.40. The Bertz CT molecular complexity index is 1410. The van der Waals surface area contributed by atoms with Crippen molar-refractivity contribution in [2.24, 2.45) is 0 Å². The SMILES string of the molecule is CCCCCCCCCC[n+]1cn(CCc2cccc3ccccc23)c2c1C(=O)c1ccccc1C2=O. The van der Waals surface area contributed by atoms with E-state index in [1.807, 2.05) is 27.6 Å². The maximum absolute atomic E-state index is 13.6. The fraction of sp³-hybridized carbons (Fsp3) is 0.364. The van der Waals surface area contributed by atoms with Gasteiger partial charge in [-0.2, -0.15) is 0 Å². The van der Waals surface area contributed by atoms with Crippen LogP contribution in [-0.2, 0) is 19.5 Å². The van der Waals surface area contributed by atoms with Crippen LogP contribution in [0.5, 0.6) is 0 Å². The molecule has 190 valence electrons. The maximum Gasteiger partial charge on any atom is 0.244 e. The minimum atomic E-state index is -0.0437. The molecule has 1 aromatic heterocycles. The lowest BCUT2D eigenvalue weighted by Gasteiger charge is -2.13. The van der Waals surface area contributed by atoms with Gasteiger partial charge in [0, 0.05) is 17.5 Å². The zero-order valence-electron chi connectivity index (χ0n) is 21.9. The van der Waals surface area contributed by atoms with Gasteiger partial charge in [0.05, 0.1) is 13.1 Å². The van der Waals surface area contributed by atoms with Crippen molar-refractivity contribution in [1.29, 1.82) is 0 Å². The van der Waals surface area contributed by atoms with Crippen LogP contribution < -0.4 is 4.57 Å². The Hall–Kier alpha value is -3.53. The van der Waals surface area contributed by atoms with Crippen molar-refractivity contribution in [2.75, 3.05) is 0 Å². The summed E-state index contributed by atoms with van der Waals surface area (Å²) in [5, 5.41) is 2.46. The van der Waals surface area contributed by atoms with Gasteiger partial charge in [-0.15, -0.1) is 0 Å². The van der Waals surface area contributed by atoms with Crippen molar-refractivity contribution in [3.63, 3.8) is 0 Å². The number of carbonyl (C=O) groups is 2. The summed E-state index contributed by atoms with van der Waals surface area (Å²) in [6.07, 6.45) is 12.7. The highest BCUT2D eigenvalue weighted by Crippen LogP contribution is 2.27. The van der Waals surface area contributed by atoms with Gasteiger partial charge in [0.25, 0.3) is 0 Å². The topological polar surface area (TPSA) is 43.0 Å². The van der Waals surface area contributed by atoms with Crippen LogP contribution >= 0.6 is 0 Å². The fourth-order valence-electron chi connectivity index (χ4n) is 5.67. The van der Waals surface area contributed by atoms with E-state index in [4.69, 9.17) is 0 Å². The van der Waals surface area contributed by atoms with Crippen molar-refractivity contribution >= 4 is 22.3 Å². The summed E-state index contributed by atoms with van der Waals surface area (Å²) in [7, 11) is 0. The number of benzene rings is 3. The van der Waals surface area contributed by atoms with Crippen LogP contribution in [0.1, 0.15) is 96.0 Å². The predicted molar refractivity (Wildman–Crippen MR) is 148 cm³/mol. The number of rotatable bonds is 12. The van der Waals surface area contributed by atoms with E-state index in [-0.39, 0.29) is 11.6 Å². The maximum atomic E-state index is 13.6. The van der Waals surface area contributed by atoms with Crippen molar-refractivity contribution in [3.05, 3.63) is 101 Å². The third-order valence-corrected chi connectivity index (χ3v) is 7.68. The number of aryl methyl sites for hydroxylation is 3. The van der Waals surface area contributed by atoms with Gasteiger partial charge >= 0.3 is 0 Å². The quantitative estimate of drug-likeness (QED) is 0.138. The zero-order chi connectivity index (χ0) is 25.6. The third-order valence-electron chi connectivity index (χ3n) is 7.68. The highest BCUT2D eigenvalue weighted by molar-refractivity contribution is 6.26.